The van der Waals surface area contributed by atoms with Crippen LogP contribution in [0.25, 0.3) is 0 Å². The molecule has 2 aromatic rings. The molecule has 1 atom stereocenters. The Morgan fingerprint density at radius 3 is 2.50 bits per heavy atom. The van der Waals surface area contributed by atoms with Crippen LogP contribution in [0, 0.1) is 0 Å². The van der Waals surface area contributed by atoms with Gasteiger partial charge in [0.15, 0.2) is 0 Å². The third-order valence-electron chi connectivity index (χ3n) is 3.66. The molecule has 1 aromatic carbocycles. The van der Waals surface area contributed by atoms with Gasteiger partial charge in [0.05, 0.1) is 0 Å². The van der Waals surface area contributed by atoms with Crippen molar-refractivity contribution in [3.63, 3.8) is 0 Å². The minimum atomic E-state index is 0.127. The fraction of sp³-hybridized carbons (Fsp3) is 0.412. The van der Waals surface area contributed by atoms with E-state index in [4.69, 9.17) is 0 Å². The van der Waals surface area contributed by atoms with Gasteiger partial charge in [0.2, 0.25) is 0 Å². The van der Waals surface area contributed by atoms with Crippen molar-refractivity contribution >= 4 is 11.3 Å². The van der Waals surface area contributed by atoms with Crippen LogP contribution >= 0.6 is 11.3 Å². The zero-order valence-corrected chi connectivity index (χ0v) is 13.4. The van der Waals surface area contributed by atoms with Crippen LogP contribution in [0.5, 0.6) is 0 Å². The smallest absolute Gasteiger partial charge is 0.0325 e. The van der Waals surface area contributed by atoms with E-state index in [1.807, 2.05) is 18.4 Å². The second-order valence-electron chi connectivity index (χ2n) is 5.71. The van der Waals surface area contributed by atoms with E-state index in [9.17, 15) is 0 Å². The molecular weight excluding hydrogens is 264 g/mol. The molecule has 108 valence electrons. The van der Waals surface area contributed by atoms with Crippen molar-refractivity contribution < 1.29 is 0 Å². The number of nitrogens with one attached hydrogen (secondary N) is 1. The average molecular weight is 288 g/mol. The number of nitrogens with zero attached hydrogens (tertiary/aromatic N) is 1. The number of benzene rings is 1. The Morgan fingerprint density at radius 2 is 1.90 bits per heavy atom. The average Bonchev–Trinajstić information content (AvgIpc) is 2.92. The largest absolute Gasteiger partial charge is 0.319 e. The van der Waals surface area contributed by atoms with Crippen LogP contribution in [0.15, 0.2) is 47.8 Å². The number of rotatable bonds is 7. The monoisotopic (exact) mass is 288 g/mol. The van der Waals surface area contributed by atoms with Gasteiger partial charge in [-0.15, -0.1) is 11.3 Å². The lowest BCUT2D eigenvalue weighted by Gasteiger charge is -2.34. The van der Waals surface area contributed by atoms with E-state index in [0.29, 0.717) is 0 Å². The van der Waals surface area contributed by atoms with Crippen LogP contribution in [-0.2, 0) is 12.0 Å². The van der Waals surface area contributed by atoms with Gasteiger partial charge in [-0.2, -0.15) is 0 Å². The summed E-state index contributed by atoms with van der Waals surface area (Å²) in [4.78, 5) is 3.84. The summed E-state index contributed by atoms with van der Waals surface area (Å²) in [5.74, 6) is 0. The molecule has 1 heterocycles. The summed E-state index contributed by atoms with van der Waals surface area (Å²) >= 11 is 1.83. The number of likely N-dealkylation sites (N-methyl/N-ethyl adjacent to an activating group) is 2. The lowest BCUT2D eigenvalue weighted by molar-refractivity contribution is 0.247. The van der Waals surface area contributed by atoms with Crippen molar-refractivity contribution in [1.82, 2.24) is 10.2 Å². The van der Waals surface area contributed by atoms with Gasteiger partial charge in [-0.1, -0.05) is 43.3 Å². The summed E-state index contributed by atoms with van der Waals surface area (Å²) in [6.07, 6.45) is 0. The molecule has 0 radical (unpaired) electrons. The summed E-state index contributed by atoms with van der Waals surface area (Å²) in [6, 6.07) is 15.1. The molecule has 0 saturated carbocycles. The van der Waals surface area contributed by atoms with Crippen molar-refractivity contribution in [2.24, 2.45) is 0 Å². The minimum Gasteiger partial charge on any atom is -0.319 e. The van der Waals surface area contributed by atoms with Crippen LogP contribution in [0.3, 0.4) is 0 Å². The van der Waals surface area contributed by atoms with Crippen molar-refractivity contribution in [3.05, 3.63) is 58.3 Å². The molecular formula is C17H24N2S. The van der Waals surface area contributed by atoms with Gasteiger partial charge in [0.1, 0.15) is 0 Å². The molecule has 0 aliphatic carbocycles. The summed E-state index contributed by atoms with van der Waals surface area (Å²) in [6.45, 7) is 5.37. The molecule has 2 rings (SSSR count). The van der Waals surface area contributed by atoms with Crippen molar-refractivity contribution in [1.29, 1.82) is 0 Å². The highest BCUT2D eigenvalue weighted by Crippen LogP contribution is 2.25. The normalized spacial score (nSPS) is 14.4. The number of hydrogen-bond donors (Lipinski definition) is 1. The highest BCUT2D eigenvalue weighted by molar-refractivity contribution is 7.09. The van der Waals surface area contributed by atoms with Gasteiger partial charge in [0.25, 0.3) is 0 Å². The Labute approximate surface area is 126 Å². The summed E-state index contributed by atoms with van der Waals surface area (Å²) in [5, 5.41) is 5.49. The first kappa shape index (κ1) is 15.2. The van der Waals surface area contributed by atoms with Gasteiger partial charge in [0, 0.05) is 29.9 Å². The summed E-state index contributed by atoms with van der Waals surface area (Å²) in [5.41, 5.74) is 1.52. The van der Waals surface area contributed by atoms with Gasteiger partial charge >= 0.3 is 0 Å². The van der Waals surface area contributed by atoms with Gasteiger partial charge < -0.3 is 10.2 Å². The SMILES string of the molecule is CNCC(C)(CN(C)Cc1cccs1)c1ccccc1. The van der Waals surface area contributed by atoms with E-state index in [1.54, 1.807) is 0 Å². The fourth-order valence-electron chi connectivity index (χ4n) is 2.80. The third kappa shape index (κ3) is 3.92. The standard InChI is InChI=1S/C17H24N2S/c1-17(13-18-2,15-8-5-4-6-9-15)14-19(3)12-16-10-7-11-20-16/h4-11,18H,12-14H2,1-3H3. The first-order chi connectivity index (χ1) is 9.64. The Hall–Kier alpha value is -1.16. The van der Waals surface area contributed by atoms with Gasteiger partial charge in [-0.25, -0.2) is 0 Å². The molecule has 0 bridgehead atoms. The van der Waals surface area contributed by atoms with Crippen LogP contribution < -0.4 is 5.32 Å². The highest BCUT2D eigenvalue weighted by Gasteiger charge is 2.27. The predicted octanol–water partition coefficient (Wildman–Crippen LogP) is 3.36. The third-order valence-corrected chi connectivity index (χ3v) is 4.52. The highest BCUT2D eigenvalue weighted by atomic mass is 32.1. The van der Waals surface area contributed by atoms with Crippen LogP contribution in [0.4, 0.5) is 0 Å². The van der Waals surface area contributed by atoms with E-state index >= 15 is 0 Å². The van der Waals surface area contributed by atoms with E-state index in [2.05, 4.69) is 72.0 Å². The molecule has 0 fully saturated rings. The number of thiophene rings is 1. The van der Waals surface area contributed by atoms with E-state index < -0.39 is 0 Å². The van der Waals surface area contributed by atoms with Crippen molar-refractivity contribution in [2.45, 2.75) is 18.9 Å². The molecule has 20 heavy (non-hydrogen) atoms. The van der Waals surface area contributed by atoms with Gasteiger partial charge in [-0.05, 0) is 31.1 Å². The van der Waals surface area contributed by atoms with Crippen LogP contribution in [0.1, 0.15) is 17.4 Å². The lowest BCUT2D eigenvalue weighted by atomic mass is 9.82. The zero-order chi connectivity index (χ0) is 14.4. The second kappa shape index (κ2) is 7.02. The van der Waals surface area contributed by atoms with Crippen molar-refractivity contribution in [2.75, 3.05) is 27.2 Å². The second-order valence-corrected chi connectivity index (χ2v) is 6.74. The van der Waals surface area contributed by atoms with Crippen LogP contribution in [0.2, 0.25) is 0 Å². The van der Waals surface area contributed by atoms with Crippen molar-refractivity contribution in [3.8, 4) is 0 Å². The Morgan fingerprint density at radius 1 is 1.15 bits per heavy atom. The molecule has 0 aliphatic rings. The lowest BCUT2D eigenvalue weighted by Crippen LogP contribution is -2.43. The summed E-state index contributed by atoms with van der Waals surface area (Å²) < 4.78 is 0. The molecule has 1 unspecified atom stereocenters. The molecule has 1 N–H and O–H groups in total. The number of hydrogen-bond acceptors (Lipinski definition) is 3. The first-order valence-corrected chi connectivity index (χ1v) is 7.93. The first-order valence-electron chi connectivity index (χ1n) is 7.05. The molecule has 0 spiro atoms. The molecule has 0 saturated heterocycles. The topological polar surface area (TPSA) is 15.3 Å². The van der Waals surface area contributed by atoms with E-state index in [-0.39, 0.29) is 5.41 Å². The maximum absolute atomic E-state index is 3.35. The van der Waals surface area contributed by atoms with Crippen LogP contribution in [-0.4, -0.2) is 32.1 Å². The molecule has 0 amide bonds. The molecule has 3 heteroatoms. The molecule has 1 aromatic heterocycles. The van der Waals surface area contributed by atoms with E-state index in [0.717, 1.165) is 19.6 Å². The fourth-order valence-corrected chi connectivity index (χ4v) is 3.58. The molecule has 2 nitrogen and oxygen atoms in total. The summed E-state index contributed by atoms with van der Waals surface area (Å²) in [7, 11) is 4.23. The maximum atomic E-state index is 3.35. The van der Waals surface area contributed by atoms with E-state index in [1.165, 1.54) is 10.4 Å². The predicted molar refractivity (Wildman–Crippen MR) is 88.4 cm³/mol. The Balaban J connectivity index is 2.08. The molecule has 0 aliphatic heterocycles. The Bertz CT molecular complexity index is 495. The quantitative estimate of drug-likeness (QED) is 0.840. The Kier molecular flexibility index (Phi) is 5.35. The maximum Gasteiger partial charge on any atom is 0.0325 e. The minimum absolute atomic E-state index is 0.127. The van der Waals surface area contributed by atoms with Gasteiger partial charge in [-0.3, -0.25) is 0 Å². The zero-order valence-electron chi connectivity index (χ0n) is 12.6.